The summed E-state index contributed by atoms with van der Waals surface area (Å²) in [7, 11) is -0.541. The number of sulfonamides is 1. The lowest BCUT2D eigenvalue weighted by Crippen LogP contribution is -2.26. The summed E-state index contributed by atoms with van der Waals surface area (Å²) in [5.41, 5.74) is 1.27. The molecule has 0 atom stereocenters. The van der Waals surface area contributed by atoms with Crippen LogP contribution in [0.1, 0.15) is 11.3 Å². The largest absolute Gasteiger partial charge is 0.496 e. The molecular formula is C14H17BrClN3O3S. The number of nitrogens with zero attached hydrogens (tertiary/aromatic N) is 2. The number of hydrogen-bond acceptors (Lipinski definition) is 4. The van der Waals surface area contributed by atoms with E-state index >= 15 is 0 Å². The highest BCUT2D eigenvalue weighted by Gasteiger charge is 2.24. The van der Waals surface area contributed by atoms with Crippen molar-refractivity contribution in [3.63, 3.8) is 0 Å². The van der Waals surface area contributed by atoms with E-state index in [2.05, 4.69) is 25.8 Å². The van der Waals surface area contributed by atoms with Crippen molar-refractivity contribution in [2.45, 2.75) is 18.2 Å². The van der Waals surface area contributed by atoms with Gasteiger partial charge >= 0.3 is 0 Å². The first kappa shape index (κ1) is 18.3. The quantitative estimate of drug-likeness (QED) is 0.777. The Bertz CT molecular complexity index is 821. The van der Waals surface area contributed by atoms with E-state index in [9.17, 15) is 8.42 Å². The third-order valence-electron chi connectivity index (χ3n) is 3.30. The van der Waals surface area contributed by atoms with E-state index in [1.165, 1.54) is 4.68 Å². The first-order valence-electron chi connectivity index (χ1n) is 6.77. The number of aryl methyl sites for hydroxylation is 2. The van der Waals surface area contributed by atoms with Crippen molar-refractivity contribution in [2.75, 3.05) is 13.7 Å². The van der Waals surface area contributed by atoms with Gasteiger partial charge in [-0.2, -0.15) is 5.10 Å². The zero-order valence-electron chi connectivity index (χ0n) is 12.9. The molecule has 9 heteroatoms. The van der Waals surface area contributed by atoms with Crippen LogP contribution in [0.3, 0.4) is 0 Å². The smallest absolute Gasteiger partial charge is 0.245 e. The highest BCUT2D eigenvalue weighted by atomic mass is 79.9. The van der Waals surface area contributed by atoms with Gasteiger partial charge in [0.05, 0.1) is 12.8 Å². The molecule has 1 heterocycles. The molecule has 0 bridgehead atoms. The van der Waals surface area contributed by atoms with E-state index in [1.54, 1.807) is 21.1 Å². The maximum Gasteiger partial charge on any atom is 0.245 e. The van der Waals surface area contributed by atoms with Crippen LogP contribution < -0.4 is 9.46 Å². The molecule has 0 unspecified atom stereocenters. The molecule has 1 N–H and O–H groups in total. The second-order valence-electron chi connectivity index (χ2n) is 4.93. The topological polar surface area (TPSA) is 73.2 Å². The van der Waals surface area contributed by atoms with Gasteiger partial charge in [-0.3, -0.25) is 4.68 Å². The molecular weight excluding hydrogens is 406 g/mol. The zero-order chi connectivity index (χ0) is 17.2. The number of rotatable bonds is 6. The number of hydrogen-bond donors (Lipinski definition) is 1. The number of benzene rings is 1. The Labute approximate surface area is 149 Å². The fourth-order valence-electron chi connectivity index (χ4n) is 2.25. The van der Waals surface area contributed by atoms with E-state index in [0.29, 0.717) is 17.9 Å². The van der Waals surface area contributed by atoms with Crippen LogP contribution in [0.5, 0.6) is 5.75 Å². The highest BCUT2D eigenvalue weighted by Crippen LogP contribution is 2.25. The molecule has 0 radical (unpaired) electrons. The Kier molecular flexibility index (Phi) is 5.72. The highest BCUT2D eigenvalue weighted by molar-refractivity contribution is 9.10. The third-order valence-corrected chi connectivity index (χ3v) is 5.95. The number of methoxy groups -OCH3 is 1. The van der Waals surface area contributed by atoms with Gasteiger partial charge in [0, 0.05) is 18.1 Å². The second kappa shape index (κ2) is 7.21. The van der Waals surface area contributed by atoms with Gasteiger partial charge in [-0.15, -0.1) is 0 Å². The van der Waals surface area contributed by atoms with E-state index < -0.39 is 10.0 Å². The predicted molar refractivity (Wildman–Crippen MR) is 92.5 cm³/mol. The first-order valence-corrected chi connectivity index (χ1v) is 9.43. The van der Waals surface area contributed by atoms with Gasteiger partial charge in [0.15, 0.2) is 0 Å². The van der Waals surface area contributed by atoms with Crippen molar-refractivity contribution < 1.29 is 13.2 Å². The maximum absolute atomic E-state index is 12.4. The number of halogens is 2. The van der Waals surface area contributed by atoms with Crippen LogP contribution in [0.4, 0.5) is 0 Å². The molecule has 6 nitrogen and oxygen atoms in total. The van der Waals surface area contributed by atoms with E-state index in [0.717, 1.165) is 10.0 Å². The van der Waals surface area contributed by atoms with Gasteiger partial charge in [0.1, 0.15) is 15.8 Å². The summed E-state index contributed by atoms with van der Waals surface area (Å²) in [6, 6.07) is 5.59. The molecule has 0 saturated heterocycles. The van der Waals surface area contributed by atoms with Crippen LogP contribution in [0.15, 0.2) is 27.6 Å². The third kappa shape index (κ3) is 4.06. The molecule has 0 aliphatic rings. The summed E-state index contributed by atoms with van der Waals surface area (Å²) >= 11 is 9.41. The number of ether oxygens (including phenoxy) is 1. The molecule has 0 amide bonds. The monoisotopic (exact) mass is 421 g/mol. The zero-order valence-corrected chi connectivity index (χ0v) is 16.1. The van der Waals surface area contributed by atoms with Crippen molar-refractivity contribution in [2.24, 2.45) is 7.05 Å². The summed E-state index contributed by atoms with van der Waals surface area (Å²) < 4.78 is 34.9. The Balaban J connectivity index is 2.13. The molecule has 1 aromatic heterocycles. The van der Waals surface area contributed by atoms with Crippen molar-refractivity contribution >= 4 is 37.6 Å². The molecule has 0 fully saturated rings. The van der Waals surface area contributed by atoms with Crippen LogP contribution in [-0.2, 0) is 23.5 Å². The minimum Gasteiger partial charge on any atom is -0.496 e. The fourth-order valence-corrected chi connectivity index (χ4v) is 4.44. The number of aromatic nitrogens is 2. The average Bonchev–Trinajstić information content (AvgIpc) is 2.72. The van der Waals surface area contributed by atoms with Gasteiger partial charge in [-0.1, -0.05) is 27.5 Å². The van der Waals surface area contributed by atoms with Gasteiger partial charge in [0.25, 0.3) is 0 Å². The molecule has 1 aromatic carbocycles. The Morgan fingerprint density at radius 3 is 2.70 bits per heavy atom. The van der Waals surface area contributed by atoms with Crippen molar-refractivity contribution in [1.29, 1.82) is 0 Å². The van der Waals surface area contributed by atoms with Gasteiger partial charge in [0.2, 0.25) is 10.0 Å². The Morgan fingerprint density at radius 2 is 2.13 bits per heavy atom. The summed E-state index contributed by atoms with van der Waals surface area (Å²) in [4.78, 5) is 0.0165. The fraction of sp³-hybridized carbons (Fsp3) is 0.357. The minimum absolute atomic E-state index is 0.0165. The molecule has 23 heavy (non-hydrogen) atoms. The molecule has 0 spiro atoms. The SMILES string of the molecule is COc1ccc(Br)cc1CCNS(=O)(=O)c1c(C)nn(C)c1Cl. The van der Waals surface area contributed by atoms with Gasteiger partial charge in [-0.25, -0.2) is 13.1 Å². The van der Waals surface area contributed by atoms with Gasteiger partial charge < -0.3 is 4.74 Å². The average molecular weight is 423 g/mol. The van der Waals surface area contributed by atoms with Crippen molar-refractivity contribution in [3.05, 3.63) is 39.1 Å². The molecule has 2 aromatic rings. The number of nitrogens with one attached hydrogen (secondary N) is 1. The summed E-state index contributed by atoms with van der Waals surface area (Å²) in [5.74, 6) is 0.711. The van der Waals surface area contributed by atoms with Crippen LogP contribution in [0.25, 0.3) is 0 Å². The van der Waals surface area contributed by atoms with E-state index in [1.807, 2.05) is 18.2 Å². The normalized spacial score (nSPS) is 11.7. The lowest BCUT2D eigenvalue weighted by Gasteiger charge is -2.10. The summed E-state index contributed by atoms with van der Waals surface area (Å²) in [5, 5.41) is 4.11. The van der Waals surface area contributed by atoms with Crippen LogP contribution >= 0.6 is 27.5 Å². The lowest BCUT2D eigenvalue weighted by atomic mass is 10.1. The molecule has 0 aliphatic heterocycles. The standard InChI is InChI=1S/C14H17BrClN3O3S/c1-9-13(14(16)19(2)18-9)23(20,21)17-7-6-10-8-11(15)4-5-12(10)22-3/h4-5,8,17H,6-7H2,1-3H3. The Hall–Kier alpha value is -1.09. The molecule has 0 saturated carbocycles. The summed E-state index contributed by atoms with van der Waals surface area (Å²) in [6.45, 7) is 1.83. The lowest BCUT2D eigenvalue weighted by molar-refractivity contribution is 0.409. The molecule has 0 aliphatic carbocycles. The van der Waals surface area contributed by atoms with E-state index in [4.69, 9.17) is 16.3 Å². The van der Waals surface area contributed by atoms with Gasteiger partial charge in [-0.05, 0) is 37.1 Å². The van der Waals surface area contributed by atoms with Crippen molar-refractivity contribution in [1.82, 2.24) is 14.5 Å². The first-order chi connectivity index (χ1) is 10.8. The molecule has 126 valence electrons. The van der Waals surface area contributed by atoms with Crippen LogP contribution in [-0.4, -0.2) is 31.9 Å². The Morgan fingerprint density at radius 1 is 1.43 bits per heavy atom. The van der Waals surface area contributed by atoms with Crippen molar-refractivity contribution in [3.8, 4) is 5.75 Å². The van der Waals surface area contributed by atoms with E-state index in [-0.39, 0.29) is 16.6 Å². The second-order valence-corrected chi connectivity index (χ2v) is 7.91. The summed E-state index contributed by atoms with van der Waals surface area (Å²) in [6.07, 6.45) is 0.485. The predicted octanol–water partition coefficient (Wildman–Crippen LogP) is 2.67. The maximum atomic E-state index is 12.4. The minimum atomic E-state index is -3.72. The van der Waals surface area contributed by atoms with Crippen LogP contribution in [0.2, 0.25) is 5.15 Å². The van der Waals surface area contributed by atoms with Crippen LogP contribution in [0, 0.1) is 6.92 Å². The molecule has 2 rings (SSSR count).